The molecule has 0 radical (unpaired) electrons. The van der Waals surface area contributed by atoms with Crippen molar-refractivity contribution in [2.24, 2.45) is 0 Å². The Labute approximate surface area is 157 Å². The van der Waals surface area contributed by atoms with E-state index in [2.05, 4.69) is 9.50 Å². The molecule has 1 N–H and O–H groups in total. The van der Waals surface area contributed by atoms with E-state index < -0.39 is 35.6 Å². The van der Waals surface area contributed by atoms with Crippen molar-refractivity contribution in [1.82, 2.24) is 10.2 Å². The Kier molecular flexibility index (Phi) is 9.86. The Morgan fingerprint density at radius 1 is 1.11 bits per heavy atom. The number of amides is 3. The van der Waals surface area contributed by atoms with E-state index in [1.54, 1.807) is 0 Å². The number of carbonyl (C=O) groups excluding carboxylic acids is 4. The highest BCUT2D eigenvalue weighted by Gasteiger charge is 2.27. The van der Waals surface area contributed by atoms with Crippen LogP contribution in [-0.4, -0.2) is 66.8 Å². The number of nitrogens with one attached hydrogen (secondary N) is 1. The summed E-state index contributed by atoms with van der Waals surface area (Å²) in [5.74, 6) is -3.10. The zero-order chi connectivity index (χ0) is 20.3. The van der Waals surface area contributed by atoms with E-state index >= 15 is 0 Å². The zero-order valence-electron chi connectivity index (χ0n) is 14.3. The first-order valence-corrected chi connectivity index (χ1v) is 8.87. The Hall–Kier alpha value is -2.08. The van der Waals surface area contributed by atoms with Crippen molar-refractivity contribution in [3.8, 4) is 0 Å². The molecule has 3 amide bonds. The molecule has 0 saturated carbocycles. The predicted octanol–water partition coefficient (Wildman–Crippen LogP) is 0.968. The van der Waals surface area contributed by atoms with E-state index in [0.717, 1.165) is 17.1 Å². The van der Waals surface area contributed by atoms with Gasteiger partial charge < -0.3 is 14.2 Å². The maximum Gasteiger partial charge on any atom is 0.400 e. The van der Waals surface area contributed by atoms with Gasteiger partial charge in [-0.3, -0.25) is 24.1 Å². The number of esters is 1. The number of hydrogen-bond donors (Lipinski definition) is 1. The van der Waals surface area contributed by atoms with Crippen LogP contribution in [-0.2, 0) is 28.1 Å². The smallest absolute Gasteiger partial charge is 0.400 e. The minimum absolute atomic E-state index is 0.00790. The number of hydrogen-bond acceptors (Lipinski definition) is 7. The van der Waals surface area contributed by atoms with E-state index in [-0.39, 0.29) is 57.6 Å². The molecule has 27 heavy (non-hydrogen) atoms. The lowest BCUT2D eigenvalue weighted by atomic mass is 10.3. The first-order valence-electron chi connectivity index (χ1n) is 7.96. The fraction of sp³-hybridized carbons (Fsp3) is 0.600. The van der Waals surface area contributed by atoms with Gasteiger partial charge in [0, 0.05) is 37.2 Å². The number of ether oxygens (including phenoxy) is 1. The van der Waals surface area contributed by atoms with Gasteiger partial charge in [-0.05, 0) is 12.8 Å². The summed E-state index contributed by atoms with van der Waals surface area (Å²) in [6.45, 7) is -0.278. The Bertz CT molecular complexity index is 564. The van der Waals surface area contributed by atoms with Crippen LogP contribution < -0.4 is 5.32 Å². The van der Waals surface area contributed by atoms with E-state index in [0.29, 0.717) is 0 Å². The summed E-state index contributed by atoms with van der Waals surface area (Å²) >= 11 is 0.270. The zero-order valence-corrected chi connectivity index (χ0v) is 15.1. The molecule has 1 aliphatic rings. The minimum atomic E-state index is -4.31. The Balaban J connectivity index is 1.98. The summed E-state index contributed by atoms with van der Waals surface area (Å²) in [6.07, 6.45) is -1.53. The molecule has 12 heteroatoms. The third-order valence-corrected chi connectivity index (χ3v) is 3.84. The van der Waals surface area contributed by atoms with Crippen molar-refractivity contribution in [3.63, 3.8) is 0 Å². The second kappa shape index (κ2) is 11.6. The average Bonchev–Trinajstić information content (AvgIpc) is 2.90. The highest BCUT2D eigenvalue weighted by Crippen LogP contribution is 2.21. The van der Waals surface area contributed by atoms with Gasteiger partial charge in [0.25, 0.3) is 11.8 Å². The molecular formula is C15H19F3N2O6S. The summed E-state index contributed by atoms with van der Waals surface area (Å²) in [6, 6.07) is 0. The van der Waals surface area contributed by atoms with Crippen molar-refractivity contribution < 1.29 is 41.3 Å². The van der Waals surface area contributed by atoms with Crippen LogP contribution >= 0.6 is 12.0 Å². The van der Waals surface area contributed by atoms with Crippen LogP contribution in [0.15, 0.2) is 12.2 Å². The van der Waals surface area contributed by atoms with Gasteiger partial charge in [-0.25, -0.2) is 0 Å². The summed E-state index contributed by atoms with van der Waals surface area (Å²) in [4.78, 5) is 46.5. The largest absolute Gasteiger partial charge is 0.464 e. The summed E-state index contributed by atoms with van der Waals surface area (Å²) in [5, 5.41) is 2.31. The number of nitrogens with zero attached hydrogens (tertiary/aromatic N) is 1. The summed E-state index contributed by atoms with van der Waals surface area (Å²) in [5.41, 5.74) is 0. The molecule has 8 nitrogen and oxygen atoms in total. The van der Waals surface area contributed by atoms with E-state index in [9.17, 15) is 32.3 Å². The Morgan fingerprint density at radius 3 is 2.41 bits per heavy atom. The lowest BCUT2D eigenvalue weighted by molar-refractivity contribution is -0.144. The minimum Gasteiger partial charge on any atom is -0.464 e. The average molecular weight is 412 g/mol. The van der Waals surface area contributed by atoms with Crippen LogP contribution in [0.25, 0.3) is 0 Å². The maximum absolute atomic E-state index is 11.8. The predicted molar refractivity (Wildman–Crippen MR) is 88.1 cm³/mol. The molecule has 0 aromatic carbocycles. The number of carbonyl (C=O) groups is 4. The molecule has 0 unspecified atom stereocenters. The topological polar surface area (TPSA) is 102 Å². The van der Waals surface area contributed by atoms with Gasteiger partial charge in [-0.15, -0.1) is 0 Å². The molecule has 0 aromatic heterocycles. The standard InChI is InChI=1S/C15H19F3N2O6S/c16-15(17,18)10-27-26-8-1-3-11(21)19-9-14(24)25-7-2-6-20-12(22)4-5-13(20)23/h4-5H,1-3,6-10H2,(H,19,21). The van der Waals surface area contributed by atoms with Crippen molar-refractivity contribution >= 4 is 35.7 Å². The quantitative estimate of drug-likeness (QED) is 0.221. The third kappa shape index (κ3) is 10.6. The molecule has 0 bridgehead atoms. The van der Waals surface area contributed by atoms with Gasteiger partial charge in [0.1, 0.15) is 12.3 Å². The highest BCUT2D eigenvalue weighted by molar-refractivity contribution is 7.94. The van der Waals surface area contributed by atoms with Crippen LogP contribution in [0.3, 0.4) is 0 Å². The fourth-order valence-corrected chi connectivity index (χ4v) is 2.28. The Morgan fingerprint density at radius 2 is 1.78 bits per heavy atom. The third-order valence-electron chi connectivity index (χ3n) is 3.06. The second-order valence-electron chi connectivity index (χ2n) is 5.32. The monoisotopic (exact) mass is 412 g/mol. The first kappa shape index (κ1) is 23.0. The molecule has 0 atom stereocenters. The fourth-order valence-electron chi connectivity index (χ4n) is 1.83. The molecule has 152 valence electrons. The maximum atomic E-state index is 11.8. The van der Waals surface area contributed by atoms with Gasteiger partial charge in [-0.2, -0.15) is 13.2 Å². The van der Waals surface area contributed by atoms with Crippen molar-refractivity contribution in [3.05, 3.63) is 12.2 Å². The van der Waals surface area contributed by atoms with Crippen LogP contribution in [0.4, 0.5) is 13.2 Å². The molecular weight excluding hydrogens is 393 g/mol. The van der Waals surface area contributed by atoms with Gasteiger partial charge in [-0.1, -0.05) is 0 Å². The molecule has 1 aliphatic heterocycles. The van der Waals surface area contributed by atoms with Crippen molar-refractivity contribution in [2.45, 2.75) is 25.4 Å². The van der Waals surface area contributed by atoms with Crippen LogP contribution in [0.1, 0.15) is 19.3 Å². The summed E-state index contributed by atoms with van der Waals surface area (Å²) < 4.78 is 45.1. The first-order chi connectivity index (χ1) is 12.7. The lowest BCUT2D eigenvalue weighted by Crippen LogP contribution is -2.33. The molecule has 1 heterocycles. The SMILES string of the molecule is O=C(CCCOSCC(F)(F)F)NCC(=O)OCCCN1C(=O)C=CC1=O. The summed E-state index contributed by atoms with van der Waals surface area (Å²) in [7, 11) is 0. The van der Waals surface area contributed by atoms with Crippen molar-refractivity contribution in [2.75, 3.05) is 32.1 Å². The van der Waals surface area contributed by atoms with E-state index in [4.69, 9.17) is 4.74 Å². The van der Waals surface area contributed by atoms with Gasteiger partial charge in [0.15, 0.2) is 0 Å². The number of rotatable bonds is 12. The molecule has 0 aromatic rings. The van der Waals surface area contributed by atoms with Crippen LogP contribution in [0.2, 0.25) is 0 Å². The van der Waals surface area contributed by atoms with Gasteiger partial charge in [0.2, 0.25) is 5.91 Å². The molecule has 0 fully saturated rings. The van der Waals surface area contributed by atoms with Gasteiger partial charge >= 0.3 is 12.1 Å². The van der Waals surface area contributed by atoms with Crippen LogP contribution in [0, 0.1) is 0 Å². The highest BCUT2D eigenvalue weighted by atomic mass is 32.2. The van der Waals surface area contributed by atoms with E-state index in [1.165, 1.54) is 0 Å². The molecule has 0 saturated heterocycles. The molecule has 0 spiro atoms. The lowest BCUT2D eigenvalue weighted by Gasteiger charge is -2.13. The van der Waals surface area contributed by atoms with Crippen molar-refractivity contribution in [1.29, 1.82) is 0 Å². The normalized spacial score (nSPS) is 14.0. The van der Waals surface area contributed by atoms with Gasteiger partial charge in [0.05, 0.1) is 13.2 Å². The number of imide groups is 1. The number of alkyl halides is 3. The molecule has 0 aliphatic carbocycles. The molecule has 1 rings (SSSR count). The van der Waals surface area contributed by atoms with Crippen LogP contribution in [0.5, 0.6) is 0 Å². The van der Waals surface area contributed by atoms with E-state index in [1.807, 2.05) is 0 Å². The second-order valence-corrected chi connectivity index (χ2v) is 6.08. The number of halogens is 3.